The van der Waals surface area contributed by atoms with Crippen molar-refractivity contribution in [1.82, 2.24) is 14.7 Å². The van der Waals surface area contributed by atoms with Crippen LogP contribution in [0.1, 0.15) is 6.42 Å². The number of amides is 2. The molecule has 7 heteroatoms. The van der Waals surface area contributed by atoms with Crippen LogP contribution in [0, 0.1) is 0 Å². The smallest absolute Gasteiger partial charge is 0.254 e. The van der Waals surface area contributed by atoms with Gasteiger partial charge in [-0.05, 0) is 38.4 Å². The molecular weight excluding hydrogens is 320 g/mol. The molecule has 2 aliphatic heterocycles. The minimum Gasteiger partial charge on any atom is -0.497 e. The van der Waals surface area contributed by atoms with E-state index in [4.69, 9.17) is 4.74 Å². The van der Waals surface area contributed by atoms with Gasteiger partial charge in [-0.2, -0.15) is 0 Å². The summed E-state index contributed by atoms with van der Waals surface area (Å²) in [4.78, 5) is 33.0. The van der Waals surface area contributed by atoms with Gasteiger partial charge in [0.2, 0.25) is 0 Å². The lowest BCUT2D eigenvalue weighted by Gasteiger charge is -2.34. The van der Waals surface area contributed by atoms with E-state index in [-0.39, 0.29) is 11.8 Å². The molecule has 2 saturated heterocycles. The summed E-state index contributed by atoms with van der Waals surface area (Å²) in [5.74, 6) is 0.589. The zero-order chi connectivity index (χ0) is 18.3. The van der Waals surface area contributed by atoms with Gasteiger partial charge in [-0.3, -0.25) is 24.3 Å². The minimum absolute atomic E-state index is 0.0561. The normalized spacial score (nSPS) is 24.5. The first-order valence-electron chi connectivity index (χ1n) is 8.18. The van der Waals surface area contributed by atoms with Crippen molar-refractivity contribution in [2.45, 2.75) is 18.8 Å². The SMILES string of the molecule is COc1ccc(N2C(=O)[C@@H]3C/C(=C\N(C)C)C(=O)N3C2N(C)C)cc1. The molecule has 0 aliphatic carbocycles. The number of hydrogen-bond acceptors (Lipinski definition) is 5. The number of methoxy groups -OCH3 is 1. The lowest BCUT2D eigenvalue weighted by molar-refractivity contribution is -0.131. The number of benzene rings is 1. The molecule has 2 fully saturated rings. The van der Waals surface area contributed by atoms with Gasteiger partial charge in [-0.25, -0.2) is 0 Å². The molecule has 7 nitrogen and oxygen atoms in total. The van der Waals surface area contributed by atoms with Crippen molar-refractivity contribution in [2.24, 2.45) is 0 Å². The van der Waals surface area contributed by atoms with E-state index < -0.39 is 12.3 Å². The molecule has 2 aliphatic rings. The largest absolute Gasteiger partial charge is 0.497 e. The maximum Gasteiger partial charge on any atom is 0.254 e. The predicted molar refractivity (Wildman–Crippen MR) is 95.0 cm³/mol. The fourth-order valence-electron chi connectivity index (χ4n) is 3.47. The zero-order valence-corrected chi connectivity index (χ0v) is 15.3. The minimum atomic E-state index is -0.451. The van der Waals surface area contributed by atoms with Gasteiger partial charge in [-0.1, -0.05) is 0 Å². The molecular formula is C18H24N4O3. The van der Waals surface area contributed by atoms with Gasteiger partial charge < -0.3 is 9.64 Å². The first kappa shape index (κ1) is 17.3. The van der Waals surface area contributed by atoms with Crippen LogP contribution in [-0.2, 0) is 9.59 Å². The van der Waals surface area contributed by atoms with Crippen LogP contribution in [0.4, 0.5) is 5.69 Å². The lowest BCUT2D eigenvalue weighted by atomic mass is 10.1. The Bertz CT molecular complexity index is 712. The van der Waals surface area contributed by atoms with Crippen molar-refractivity contribution in [3.8, 4) is 5.75 Å². The maximum absolute atomic E-state index is 13.1. The standard InChI is InChI=1S/C18H24N4O3/c1-19(2)11-12-10-15-17(24)21(13-6-8-14(25-5)9-7-13)18(20(3)4)22(15)16(12)23/h6-9,11,15,18H,10H2,1-5H3/b12-11+/t15-,18?/m0/s1. The number of carbonyl (C=O) groups is 2. The molecule has 2 heterocycles. The van der Waals surface area contributed by atoms with Gasteiger partial charge in [-0.15, -0.1) is 0 Å². The van der Waals surface area contributed by atoms with Crippen molar-refractivity contribution >= 4 is 17.5 Å². The number of nitrogens with zero attached hydrogens (tertiary/aromatic N) is 4. The summed E-state index contributed by atoms with van der Waals surface area (Å²) in [6.07, 6.45) is 1.80. The van der Waals surface area contributed by atoms with Crippen LogP contribution in [0.3, 0.4) is 0 Å². The average Bonchev–Trinajstić information content (AvgIpc) is 3.03. The highest BCUT2D eigenvalue weighted by Crippen LogP contribution is 2.38. The fraction of sp³-hybridized carbons (Fsp3) is 0.444. The van der Waals surface area contributed by atoms with Crippen LogP contribution < -0.4 is 9.64 Å². The molecule has 1 aromatic carbocycles. The van der Waals surface area contributed by atoms with Crippen LogP contribution >= 0.6 is 0 Å². The molecule has 0 saturated carbocycles. The lowest BCUT2D eigenvalue weighted by Crippen LogP contribution is -2.51. The molecule has 1 aromatic rings. The summed E-state index contributed by atoms with van der Waals surface area (Å²) >= 11 is 0. The number of hydrogen-bond donors (Lipinski definition) is 0. The highest BCUT2D eigenvalue weighted by Gasteiger charge is 2.54. The number of rotatable bonds is 4. The third kappa shape index (κ3) is 2.84. The van der Waals surface area contributed by atoms with E-state index in [1.54, 1.807) is 23.1 Å². The highest BCUT2D eigenvalue weighted by molar-refractivity contribution is 6.09. The summed E-state index contributed by atoms with van der Waals surface area (Å²) in [6, 6.07) is 6.87. The van der Waals surface area contributed by atoms with Gasteiger partial charge in [0.15, 0.2) is 6.29 Å². The van der Waals surface area contributed by atoms with Crippen molar-refractivity contribution in [3.63, 3.8) is 0 Å². The van der Waals surface area contributed by atoms with Gasteiger partial charge in [0, 0.05) is 38.0 Å². The Balaban J connectivity index is 1.98. The summed E-state index contributed by atoms with van der Waals surface area (Å²) in [5.41, 5.74) is 1.43. The first-order chi connectivity index (χ1) is 11.8. The molecule has 1 unspecified atom stereocenters. The van der Waals surface area contributed by atoms with Gasteiger partial charge in [0.05, 0.1) is 7.11 Å². The molecule has 0 radical (unpaired) electrons. The zero-order valence-electron chi connectivity index (χ0n) is 15.3. The van der Waals surface area contributed by atoms with Crippen molar-refractivity contribution in [2.75, 3.05) is 40.2 Å². The third-order valence-corrected chi connectivity index (χ3v) is 4.49. The van der Waals surface area contributed by atoms with Crippen LogP contribution in [0.5, 0.6) is 5.75 Å². The Morgan fingerprint density at radius 2 is 1.76 bits per heavy atom. The maximum atomic E-state index is 13.1. The number of fused-ring (bicyclic) bond motifs is 1. The monoisotopic (exact) mass is 344 g/mol. The predicted octanol–water partition coefficient (Wildman–Crippen LogP) is 0.933. The Morgan fingerprint density at radius 3 is 2.28 bits per heavy atom. The molecule has 0 spiro atoms. The van der Waals surface area contributed by atoms with Crippen LogP contribution in [0.2, 0.25) is 0 Å². The highest BCUT2D eigenvalue weighted by atomic mass is 16.5. The Morgan fingerprint density at radius 1 is 1.12 bits per heavy atom. The number of anilines is 1. The number of ether oxygens (including phenoxy) is 1. The third-order valence-electron chi connectivity index (χ3n) is 4.49. The molecule has 2 amide bonds. The van der Waals surface area contributed by atoms with E-state index in [1.807, 2.05) is 62.3 Å². The quantitative estimate of drug-likeness (QED) is 0.761. The Labute approximate surface area is 148 Å². The van der Waals surface area contributed by atoms with Gasteiger partial charge >= 0.3 is 0 Å². The van der Waals surface area contributed by atoms with E-state index >= 15 is 0 Å². The van der Waals surface area contributed by atoms with E-state index in [0.717, 1.165) is 11.4 Å². The summed E-state index contributed by atoms with van der Waals surface area (Å²) in [7, 11) is 9.10. The van der Waals surface area contributed by atoms with E-state index in [2.05, 4.69) is 0 Å². The van der Waals surface area contributed by atoms with Crippen LogP contribution in [0.15, 0.2) is 36.0 Å². The summed E-state index contributed by atoms with van der Waals surface area (Å²) in [6.45, 7) is 0. The van der Waals surface area contributed by atoms with Gasteiger partial charge in [0.1, 0.15) is 11.8 Å². The molecule has 0 bridgehead atoms. The second-order valence-electron chi connectivity index (χ2n) is 6.77. The second kappa shape index (κ2) is 6.40. The average molecular weight is 344 g/mol. The van der Waals surface area contributed by atoms with E-state index in [0.29, 0.717) is 12.0 Å². The molecule has 0 N–H and O–H groups in total. The molecule has 3 rings (SSSR count). The Hall–Kier alpha value is -2.54. The van der Waals surface area contributed by atoms with Crippen molar-refractivity contribution < 1.29 is 14.3 Å². The van der Waals surface area contributed by atoms with Crippen LogP contribution in [-0.4, -0.2) is 74.1 Å². The van der Waals surface area contributed by atoms with E-state index in [9.17, 15) is 9.59 Å². The Kier molecular flexibility index (Phi) is 4.43. The summed E-state index contributed by atoms with van der Waals surface area (Å²) < 4.78 is 5.19. The topological polar surface area (TPSA) is 56.3 Å². The first-order valence-corrected chi connectivity index (χ1v) is 8.18. The fourth-order valence-corrected chi connectivity index (χ4v) is 3.47. The summed E-state index contributed by atoms with van der Waals surface area (Å²) in [5, 5.41) is 0. The number of carbonyl (C=O) groups excluding carboxylic acids is 2. The van der Waals surface area contributed by atoms with Crippen molar-refractivity contribution in [3.05, 3.63) is 36.0 Å². The molecule has 25 heavy (non-hydrogen) atoms. The second-order valence-corrected chi connectivity index (χ2v) is 6.77. The van der Waals surface area contributed by atoms with E-state index in [1.165, 1.54) is 0 Å². The molecule has 134 valence electrons. The van der Waals surface area contributed by atoms with Crippen LogP contribution in [0.25, 0.3) is 0 Å². The van der Waals surface area contributed by atoms with Crippen molar-refractivity contribution in [1.29, 1.82) is 0 Å². The molecule has 2 atom stereocenters. The van der Waals surface area contributed by atoms with Gasteiger partial charge in [0.25, 0.3) is 11.8 Å². The molecule has 0 aromatic heterocycles.